The fourth-order valence-electron chi connectivity index (χ4n) is 2.38. The average molecular weight is 316 g/mol. The molecule has 1 aromatic heterocycles. The Bertz CT molecular complexity index is 757. The third-order valence-corrected chi connectivity index (χ3v) is 3.57. The van der Waals surface area contributed by atoms with Crippen molar-refractivity contribution in [2.75, 3.05) is 14.2 Å². The van der Waals surface area contributed by atoms with Gasteiger partial charge in [-0.25, -0.2) is 4.57 Å². The Labute approximate surface area is 136 Å². The van der Waals surface area contributed by atoms with E-state index in [2.05, 4.69) is 41.2 Å². The maximum Gasteiger partial charge on any atom is 0.176 e. The zero-order valence-electron chi connectivity index (χ0n) is 12.6. The number of rotatable bonds is 4. The van der Waals surface area contributed by atoms with Crippen molar-refractivity contribution in [3.05, 3.63) is 66.5 Å². The van der Waals surface area contributed by atoms with E-state index in [-0.39, 0.29) is 12.4 Å². The van der Waals surface area contributed by atoms with E-state index < -0.39 is 0 Å². The lowest BCUT2D eigenvalue weighted by molar-refractivity contribution is -0.687. The summed E-state index contributed by atoms with van der Waals surface area (Å²) in [5, 5.41) is 2.38. The Morgan fingerprint density at radius 3 is 2.18 bits per heavy atom. The van der Waals surface area contributed by atoms with Crippen LogP contribution in [0.15, 0.2) is 60.9 Å². The maximum absolute atomic E-state index is 5.25. The van der Waals surface area contributed by atoms with Crippen LogP contribution in [0.25, 0.3) is 10.8 Å². The van der Waals surface area contributed by atoms with Gasteiger partial charge in [-0.05, 0) is 47.9 Å². The Balaban J connectivity index is 0.00000176. The Kier molecular flexibility index (Phi) is 5.23. The van der Waals surface area contributed by atoms with Crippen LogP contribution in [-0.4, -0.2) is 14.2 Å². The molecule has 4 heteroatoms. The minimum Gasteiger partial charge on any atom is -1.00 e. The van der Waals surface area contributed by atoms with Crippen LogP contribution in [0.2, 0.25) is 0 Å². The number of halogens is 1. The van der Waals surface area contributed by atoms with Crippen molar-refractivity contribution in [1.29, 1.82) is 0 Å². The smallest absolute Gasteiger partial charge is 0.176 e. The quantitative estimate of drug-likeness (QED) is 0.642. The van der Waals surface area contributed by atoms with Gasteiger partial charge in [0.2, 0.25) is 0 Å². The number of benzene rings is 2. The summed E-state index contributed by atoms with van der Waals surface area (Å²) in [6.07, 6.45) is 4.24. The van der Waals surface area contributed by atoms with Crippen molar-refractivity contribution >= 4 is 10.8 Å². The summed E-state index contributed by atoms with van der Waals surface area (Å²) in [7, 11) is 3.37. The third kappa shape index (κ3) is 3.49. The first kappa shape index (κ1) is 16.1. The molecule has 0 saturated heterocycles. The van der Waals surface area contributed by atoms with Gasteiger partial charge in [0.05, 0.1) is 14.2 Å². The standard InChI is InChI=1S/C18H18NO2.ClH/c1-20-17-6-3-14(4-7-17)12-19-10-9-15-11-18(21-2)8-5-16(15)13-19;/h3-11,13H,12H2,1-2H3;1H/q+1;/p-1. The van der Waals surface area contributed by atoms with Gasteiger partial charge in [0.1, 0.15) is 11.5 Å². The van der Waals surface area contributed by atoms with Gasteiger partial charge in [-0.3, -0.25) is 0 Å². The molecule has 0 radical (unpaired) electrons. The molecule has 0 amide bonds. The van der Waals surface area contributed by atoms with E-state index in [9.17, 15) is 0 Å². The highest BCUT2D eigenvalue weighted by Crippen LogP contribution is 2.19. The van der Waals surface area contributed by atoms with Crippen LogP contribution >= 0.6 is 0 Å². The normalized spacial score (nSPS) is 10.1. The van der Waals surface area contributed by atoms with Gasteiger partial charge in [-0.2, -0.15) is 0 Å². The largest absolute Gasteiger partial charge is 1.00 e. The molecule has 0 aliphatic carbocycles. The molecule has 0 atom stereocenters. The SMILES string of the molecule is COc1ccc(C[n+]2ccc3cc(OC)ccc3c2)cc1.[Cl-]. The van der Waals surface area contributed by atoms with Crippen LogP contribution in [0.5, 0.6) is 11.5 Å². The molecule has 0 saturated carbocycles. The van der Waals surface area contributed by atoms with E-state index in [1.165, 1.54) is 16.3 Å². The molecule has 3 aromatic rings. The van der Waals surface area contributed by atoms with Gasteiger partial charge < -0.3 is 21.9 Å². The minimum absolute atomic E-state index is 0. The van der Waals surface area contributed by atoms with Gasteiger partial charge in [-0.15, -0.1) is 0 Å². The molecule has 0 fully saturated rings. The van der Waals surface area contributed by atoms with Crippen LogP contribution in [0.4, 0.5) is 0 Å². The number of aromatic nitrogens is 1. The number of nitrogens with zero attached hydrogens (tertiary/aromatic N) is 1. The lowest BCUT2D eigenvalue weighted by atomic mass is 10.1. The van der Waals surface area contributed by atoms with E-state index in [0.29, 0.717) is 0 Å². The Morgan fingerprint density at radius 1 is 0.818 bits per heavy atom. The highest BCUT2D eigenvalue weighted by atomic mass is 35.5. The molecule has 114 valence electrons. The molecule has 0 aliphatic heterocycles. The average Bonchev–Trinajstić information content (AvgIpc) is 2.55. The van der Waals surface area contributed by atoms with Crippen molar-refractivity contribution in [3.8, 4) is 11.5 Å². The highest BCUT2D eigenvalue weighted by Gasteiger charge is 2.06. The Hall–Kier alpha value is -2.26. The number of pyridine rings is 1. The van der Waals surface area contributed by atoms with Crippen molar-refractivity contribution in [2.24, 2.45) is 0 Å². The lowest BCUT2D eigenvalue weighted by Gasteiger charge is -2.03. The molecule has 3 nitrogen and oxygen atoms in total. The molecule has 0 unspecified atom stereocenters. The van der Waals surface area contributed by atoms with Crippen LogP contribution in [0.3, 0.4) is 0 Å². The van der Waals surface area contributed by atoms with Crippen LogP contribution in [0.1, 0.15) is 5.56 Å². The molecule has 0 bridgehead atoms. The fourth-order valence-corrected chi connectivity index (χ4v) is 2.38. The second-order valence-electron chi connectivity index (χ2n) is 4.96. The second kappa shape index (κ2) is 7.14. The minimum atomic E-state index is 0. The van der Waals surface area contributed by atoms with Gasteiger partial charge in [0.25, 0.3) is 0 Å². The lowest BCUT2D eigenvalue weighted by Crippen LogP contribution is -3.00. The molecular weight excluding hydrogens is 298 g/mol. The second-order valence-corrected chi connectivity index (χ2v) is 4.96. The first-order chi connectivity index (χ1) is 10.3. The van der Waals surface area contributed by atoms with Crippen molar-refractivity contribution in [1.82, 2.24) is 0 Å². The van der Waals surface area contributed by atoms with E-state index in [4.69, 9.17) is 9.47 Å². The van der Waals surface area contributed by atoms with E-state index in [0.717, 1.165) is 18.0 Å². The number of methoxy groups -OCH3 is 2. The monoisotopic (exact) mass is 315 g/mol. The predicted molar refractivity (Wildman–Crippen MR) is 82.8 cm³/mol. The molecule has 1 heterocycles. The van der Waals surface area contributed by atoms with Crippen LogP contribution < -0.4 is 26.4 Å². The van der Waals surface area contributed by atoms with E-state index >= 15 is 0 Å². The van der Waals surface area contributed by atoms with Gasteiger partial charge in [-0.1, -0.05) is 0 Å². The van der Waals surface area contributed by atoms with Crippen molar-refractivity contribution in [3.63, 3.8) is 0 Å². The van der Waals surface area contributed by atoms with E-state index in [1.807, 2.05) is 24.3 Å². The van der Waals surface area contributed by atoms with Crippen LogP contribution in [0, 0.1) is 0 Å². The number of fused-ring (bicyclic) bond motifs is 1. The molecule has 22 heavy (non-hydrogen) atoms. The summed E-state index contributed by atoms with van der Waals surface area (Å²) in [5.41, 5.74) is 1.24. The summed E-state index contributed by atoms with van der Waals surface area (Å²) in [6, 6.07) is 16.4. The summed E-state index contributed by atoms with van der Waals surface area (Å²) in [5.74, 6) is 1.77. The summed E-state index contributed by atoms with van der Waals surface area (Å²) < 4.78 is 12.6. The first-order valence-corrected chi connectivity index (χ1v) is 6.88. The van der Waals surface area contributed by atoms with Gasteiger partial charge >= 0.3 is 0 Å². The topological polar surface area (TPSA) is 22.3 Å². The molecule has 2 aromatic carbocycles. The molecule has 0 aliphatic rings. The van der Waals surface area contributed by atoms with Crippen molar-refractivity contribution < 1.29 is 26.4 Å². The van der Waals surface area contributed by atoms with Crippen LogP contribution in [-0.2, 0) is 6.54 Å². The molecular formula is C18H18ClNO2. The molecule has 3 rings (SSSR count). The zero-order chi connectivity index (χ0) is 14.7. The van der Waals surface area contributed by atoms with Gasteiger partial charge in [0.15, 0.2) is 18.9 Å². The van der Waals surface area contributed by atoms with Gasteiger partial charge in [0, 0.05) is 17.0 Å². The number of ether oxygens (including phenoxy) is 2. The van der Waals surface area contributed by atoms with E-state index in [1.54, 1.807) is 14.2 Å². The summed E-state index contributed by atoms with van der Waals surface area (Å²) in [4.78, 5) is 0. The highest BCUT2D eigenvalue weighted by molar-refractivity contribution is 5.82. The molecule has 0 spiro atoms. The zero-order valence-corrected chi connectivity index (χ0v) is 13.4. The Morgan fingerprint density at radius 2 is 1.50 bits per heavy atom. The number of hydrogen-bond donors (Lipinski definition) is 0. The summed E-state index contributed by atoms with van der Waals surface area (Å²) in [6.45, 7) is 0.839. The fraction of sp³-hybridized carbons (Fsp3) is 0.167. The first-order valence-electron chi connectivity index (χ1n) is 6.88. The molecule has 0 N–H and O–H groups in total. The number of hydrogen-bond acceptors (Lipinski definition) is 2. The third-order valence-electron chi connectivity index (χ3n) is 3.57. The predicted octanol–water partition coefficient (Wildman–Crippen LogP) is 0.197. The van der Waals surface area contributed by atoms with Crippen molar-refractivity contribution in [2.45, 2.75) is 6.54 Å². The maximum atomic E-state index is 5.25. The summed E-state index contributed by atoms with van der Waals surface area (Å²) >= 11 is 0.